The van der Waals surface area contributed by atoms with E-state index in [9.17, 15) is 9.59 Å². The van der Waals surface area contributed by atoms with E-state index in [0.717, 1.165) is 11.1 Å². The van der Waals surface area contributed by atoms with Crippen molar-refractivity contribution in [2.45, 2.75) is 13.8 Å². The molecule has 0 aliphatic heterocycles. The Kier molecular flexibility index (Phi) is 5.98. The van der Waals surface area contributed by atoms with Crippen molar-refractivity contribution in [3.05, 3.63) is 57.6 Å². The number of aryl methyl sites for hydroxylation is 2. The number of ether oxygens (including phenoxy) is 2. The van der Waals surface area contributed by atoms with Gasteiger partial charge in [0.15, 0.2) is 6.61 Å². The topological polar surface area (TPSA) is 64.6 Å². The third kappa shape index (κ3) is 4.35. The highest BCUT2D eigenvalue weighted by Gasteiger charge is 2.15. The predicted octanol–water partition coefficient (Wildman–Crippen LogP) is 3.87. The van der Waals surface area contributed by atoms with E-state index < -0.39 is 5.97 Å². The lowest BCUT2D eigenvalue weighted by Crippen LogP contribution is -2.22. The minimum atomic E-state index is -0.526. The van der Waals surface area contributed by atoms with Gasteiger partial charge in [-0.3, -0.25) is 4.79 Å². The number of methoxy groups -OCH3 is 1. The maximum atomic E-state index is 12.2. The van der Waals surface area contributed by atoms with Crippen molar-refractivity contribution in [2.24, 2.45) is 0 Å². The Balaban J connectivity index is 2.09. The quantitative estimate of drug-likeness (QED) is 0.785. The summed E-state index contributed by atoms with van der Waals surface area (Å²) in [5.41, 5.74) is 2.57. The molecule has 0 heterocycles. The van der Waals surface area contributed by atoms with Gasteiger partial charge in [0.25, 0.3) is 5.91 Å². The molecule has 2 aromatic rings. The van der Waals surface area contributed by atoms with E-state index in [4.69, 9.17) is 9.47 Å². The smallest absolute Gasteiger partial charge is 0.340 e. The molecule has 1 amide bonds. The van der Waals surface area contributed by atoms with Crippen LogP contribution in [0.1, 0.15) is 21.5 Å². The number of halogens is 1. The molecular formula is C18H18BrNO4. The van der Waals surface area contributed by atoms with Crippen molar-refractivity contribution in [3.8, 4) is 5.75 Å². The van der Waals surface area contributed by atoms with Crippen LogP contribution in [0.15, 0.2) is 40.9 Å². The van der Waals surface area contributed by atoms with E-state index >= 15 is 0 Å². The zero-order valence-electron chi connectivity index (χ0n) is 13.7. The Morgan fingerprint density at radius 3 is 2.42 bits per heavy atom. The number of hydrogen-bond donors (Lipinski definition) is 1. The van der Waals surface area contributed by atoms with Crippen LogP contribution in [-0.2, 0) is 9.53 Å². The van der Waals surface area contributed by atoms with E-state index in [1.54, 1.807) is 18.2 Å². The number of carbonyl (C=O) groups excluding carboxylic acids is 2. The van der Waals surface area contributed by atoms with Crippen LogP contribution in [0.5, 0.6) is 5.75 Å². The summed E-state index contributed by atoms with van der Waals surface area (Å²) in [5.74, 6) is -0.191. The summed E-state index contributed by atoms with van der Waals surface area (Å²) in [6.07, 6.45) is 0. The number of hydrogen-bond acceptors (Lipinski definition) is 4. The molecule has 24 heavy (non-hydrogen) atoms. The van der Waals surface area contributed by atoms with Gasteiger partial charge < -0.3 is 14.8 Å². The molecule has 0 aliphatic rings. The number of anilines is 1. The summed E-state index contributed by atoms with van der Waals surface area (Å²) in [7, 11) is 1.29. The second kappa shape index (κ2) is 7.97. The minimum Gasteiger partial charge on any atom is -0.483 e. The molecule has 0 spiro atoms. The van der Waals surface area contributed by atoms with Crippen LogP contribution in [0.2, 0.25) is 0 Å². The molecule has 0 unspecified atom stereocenters. The van der Waals surface area contributed by atoms with Crippen LogP contribution in [-0.4, -0.2) is 25.6 Å². The molecule has 126 valence electrons. The predicted molar refractivity (Wildman–Crippen MR) is 95.5 cm³/mol. The van der Waals surface area contributed by atoms with Gasteiger partial charge in [-0.1, -0.05) is 34.1 Å². The summed E-state index contributed by atoms with van der Waals surface area (Å²) in [5, 5.41) is 2.68. The van der Waals surface area contributed by atoms with Crippen LogP contribution in [0.4, 0.5) is 5.69 Å². The second-order valence-corrected chi connectivity index (χ2v) is 6.15. The molecule has 0 bridgehead atoms. The average Bonchev–Trinajstić information content (AvgIpc) is 2.55. The van der Waals surface area contributed by atoms with Gasteiger partial charge in [0.05, 0.1) is 18.4 Å². The minimum absolute atomic E-state index is 0.150. The first kappa shape index (κ1) is 18.0. The fourth-order valence-corrected chi connectivity index (χ4v) is 2.62. The Labute approximate surface area is 149 Å². The number of para-hydroxylation sites is 1. The zero-order valence-corrected chi connectivity index (χ0v) is 15.3. The Morgan fingerprint density at radius 2 is 1.79 bits per heavy atom. The number of esters is 1. The van der Waals surface area contributed by atoms with Crippen molar-refractivity contribution in [2.75, 3.05) is 19.0 Å². The van der Waals surface area contributed by atoms with Gasteiger partial charge in [-0.2, -0.15) is 0 Å². The van der Waals surface area contributed by atoms with Gasteiger partial charge in [0, 0.05) is 4.47 Å². The number of carbonyl (C=O) groups is 2. The highest BCUT2D eigenvalue weighted by atomic mass is 79.9. The largest absolute Gasteiger partial charge is 0.483 e. The third-order valence-electron chi connectivity index (χ3n) is 3.42. The number of amides is 1. The normalized spacial score (nSPS) is 10.2. The van der Waals surface area contributed by atoms with E-state index in [1.165, 1.54) is 7.11 Å². The number of nitrogens with one attached hydrogen (secondary N) is 1. The van der Waals surface area contributed by atoms with Gasteiger partial charge in [-0.05, 0) is 43.2 Å². The average molecular weight is 392 g/mol. The van der Waals surface area contributed by atoms with Crippen molar-refractivity contribution in [3.63, 3.8) is 0 Å². The second-order valence-electron chi connectivity index (χ2n) is 5.24. The lowest BCUT2D eigenvalue weighted by Gasteiger charge is -2.13. The van der Waals surface area contributed by atoms with Gasteiger partial charge >= 0.3 is 5.97 Å². The Morgan fingerprint density at radius 1 is 1.12 bits per heavy atom. The monoisotopic (exact) mass is 391 g/mol. The summed E-state index contributed by atoms with van der Waals surface area (Å²) in [6.45, 7) is 3.69. The molecule has 5 nitrogen and oxygen atoms in total. The highest BCUT2D eigenvalue weighted by Crippen LogP contribution is 2.23. The molecule has 0 aliphatic carbocycles. The molecule has 0 saturated heterocycles. The molecule has 0 fully saturated rings. The van der Waals surface area contributed by atoms with Crippen LogP contribution < -0.4 is 10.1 Å². The van der Waals surface area contributed by atoms with Crippen molar-refractivity contribution >= 4 is 33.5 Å². The number of rotatable bonds is 5. The van der Waals surface area contributed by atoms with Crippen LogP contribution >= 0.6 is 15.9 Å². The molecule has 1 N–H and O–H groups in total. The van der Waals surface area contributed by atoms with Gasteiger partial charge in [-0.15, -0.1) is 0 Å². The molecule has 6 heteroatoms. The summed E-state index contributed by atoms with van der Waals surface area (Å²) in [4.78, 5) is 24.0. The lowest BCUT2D eigenvalue weighted by atomic mass is 10.1. The van der Waals surface area contributed by atoms with Crippen molar-refractivity contribution in [1.29, 1.82) is 0 Å². The van der Waals surface area contributed by atoms with E-state index in [2.05, 4.69) is 21.2 Å². The van der Waals surface area contributed by atoms with Crippen LogP contribution in [0.3, 0.4) is 0 Å². The zero-order chi connectivity index (χ0) is 17.7. The van der Waals surface area contributed by atoms with Crippen molar-refractivity contribution < 1.29 is 19.1 Å². The van der Waals surface area contributed by atoms with E-state index in [-0.39, 0.29) is 18.1 Å². The first-order chi connectivity index (χ1) is 11.4. The summed E-state index contributed by atoms with van der Waals surface area (Å²) < 4.78 is 11.1. The first-order valence-corrected chi connectivity index (χ1v) is 8.08. The standard InChI is InChI=1S/C18H18BrNO4/c1-11-5-4-6-12(2)17(11)24-10-16(21)20-15-8-7-13(19)9-14(15)18(22)23-3/h4-9H,10H2,1-3H3,(H,20,21). The molecule has 0 aromatic heterocycles. The van der Waals surface area contributed by atoms with Crippen LogP contribution in [0.25, 0.3) is 0 Å². The van der Waals surface area contributed by atoms with Crippen molar-refractivity contribution in [1.82, 2.24) is 0 Å². The Bertz CT molecular complexity index is 753. The number of benzene rings is 2. The van der Waals surface area contributed by atoms with Crippen LogP contribution in [0, 0.1) is 13.8 Å². The maximum absolute atomic E-state index is 12.2. The highest BCUT2D eigenvalue weighted by molar-refractivity contribution is 9.10. The third-order valence-corrected chi connectivity index (χ3v) is 3.91. The van der Waals surface area contributed by atoms with E-state index in [1.807, 2.05) is 32.0 Å². The SMILES string of the molecule is COC(=O)c1cc(Br)ccc1NC(=O)COc1c(C)cccc1C. The molecule has 0 radical (unpaired) electrons. The van der Waals surface area contributed by atoms with E-state index in [0.29, 0.717) is 15.9 Å². The lowest BCUT2D eigenvalue weighted by molar-refractivity contribution is -0.118. The fraction of sp³-hybridized carbons (Fsp3) is 0.222. The van der Waals surface area contributed by atoms with Gasteiger partial charge in [-0.25, -0.2) is 4.79 Å². The molecule has 2 aromatic carbocycles. The summed E-state index contributed by atoms with van der Waals surface area (Å²) in [6, 6.07) is 10.7. The van der Waals surface area contributed by atoms with Gasteiger partial charge in [0.1, 0.15) is 5.75 Å². The molecule has 0 saturated carbocycles. The molecule has 2 rings (SSSR count). The fourth-order valence-electron chi connectivity index (χ4n) is 2.26. The van der Waals surface area contributed by atoms with Gasteiger partial charge in [0.2, 0.25) is 0 Å². The molecule has 0 atom stereocenters. The maximum Gasteiger partial charge on any atom is 0.340 e. The first-order valence-electron chi connectivity index (χ1n) is 7.29. The summed E-state index contributed by atoms with van der Waals surface area (Å²) >= 11 is 3.29. The Hall–Kier alpha value is -2.34. The molecular weight excluding hydrogens is 374 g/mol.